The predicted octanol–water partition coefficient (Wildman–Crippen LogP) is 2.39. The normalized spacial score (nSPS) is 13.8. The van der Waals surface area contributed by atoms with E-state index < -0.39 is 0 Å². The highest BCUT2D eigenvalue weighted by atomic mass is 16.5. The molecule has 1 aromatic heterocycles. The summed E-state index contributed by atoms with van der Waals surface area (Å²) in [5.74, 6) is 1.28. The molecule has 6 nitrogen and oxygen atoms in total. The average Bonchev–Trinajstić information content (AvgIpc) is 3.14. The van der Waals surface area contributed by atoms with Crippen LogP contribution < -0.4 is 15.0 Å². The van der Waals surface area contributed by atoms with E-state index in [4.69, 9.17) is 4.74 Å². The van der Waals surface area contributed by atoms with E-state index in [2.05, 4.69) is 20.2 Å². The second kappa shape index (κ2) is 7.96. The summed E-state index contributed by atoms with van der Waals surface area (Å²) >= 11 is 0. The smallest absolute Gasteiger partial charge is 0.258 e. The number of benzene rings is 1. The Hall–Kier alpha value is -2.63. The van der Waals surface area contributed by atoms with Crippen molar-refractivity contribution in [2.45, 2.75) is 33.2 Å². The summed E-state index contributed by atoms with van der Waals surface area (Å²) in [7, 11) is 0. The molecule has 0 spiro atoms. The first-order chi connectivity index (χ1) is 12.1. The Morgan fingerprint density at radius 2 is 1.88 bits per heavy atom. The zero-order valence-electron chi connectivity index (χ0n) is 14.8. The van der Waals surface area contributed by atoms with Crippen LogP contribution in [0.2, 0.25) is 0 Å². The average molecular weight is 340 g/mol. The second-order valence-electron chi connectivity index (χ2n) is 6.37. The number of aromatic nitrogens is 2. The monoisotopic (exact) mass is 340 g/mol. The van der Waals surface area contributed by atoms with Gasteiger partial charge in [0.2, 0.25) is 5.95 Å². The quantitative estimate of drug-likeness (QED) is 0.874. The van der Waals surface area contributed by atoms with Crippen molar-refractivity contribution >= 4 is 11.9 Å². The molecule has 1 aliphatic rings. The number of hydrogen-bond acceptors (Lipinski definition) is 5. The van der Waals surface area contributed by atoms with E-state index in [-0.39, 0.29) is 12.5 Å². The molecular formula is C19H24N4O2. The maximum atomic E-state index is 12.0. The van der Waals surface area contributed by atoms with Crippen LogP contribution in [-0.4, -0.2) is 35.6 Å². The Bertz CT molecular complexity index is 725. The summed E-state index contributed by atoms with van der Waals surface area (Å²) in [5.41, 5.74) is 2.89. The first-order valence-corrected chi connectivity index (χ1v) is 8.66. The zero-order chi connectivity index (χ0) is 17.6. The fraction of sp³-hybridized carbons (Fsp3) is 0.421. The van der Waals surface area contributed by atoms with Crippen LogP contribution in [0.15, 0.2) is 30.3 Å². The Morgan fingerprint density at radius 3 is 2.60 bits per heavy atom. The fourth-order valence-electron chi connectivity index (χ4n) is 2.79. The molecule has 1 saturated heterocycles. The molecule has 0 bridgehead atoms. The van der Waals surface area contributed by atoms with Crippen LogP contribution in [0.1, 0.15) is 29.8 Å². The van der Waals surface area contributed by atoms with Gasteiger partial charge in [-0.3, -0.25) is 4.79 Å². The fourth-order valence-corrected chi connectivity index (χ4v) is 2.79. The summed E-state index contributed by atoms with van der Waals surface area (Å²) in [6.45, 7) is 6.33. The third kappa shape index (κ3) is 4.92. The van der Waals surface area contributed by atoms with Gasteiger partial charge in [-0.15, -0.1) is 0 Å². The van der Waals surface area contributed by atoms with Crippen LogP contribution in [0.3, 0.4) is 0 Å². The third-order valence-corrected chi connectivity index (χ3v) is 4.14. The number of ether oxygens (including phenoxy) is 1. The number of anilines is 1. The molecule has 1 aromatic carbocycles. The SMILES string of the molecule is Cc1ccc(OCC(=O)NCc2cc(C)nc(N3CCCC3)n2)cc1. The van der Waals surface area contributed by atoms with Gasteiger partial charge >= 0.3 is 0 Å². The van der Waals surface area contributed by atoms with E-state index in [1.165, 1.54) is 12.8 Å². The van der Waals surface area contributed by atoms with E-state index in [0.717, 1.165) is 36.0 Å². The molecule has 1 fully saturated rings. The van der Waals surface area contributed by atoms with Crippen molar-refractivity contribution in [3.05, 3.63) is 47.3 Å². The largest absolute Gasteiger partial charge is 0.484 e. The molecule has 1 N–H and O–H groups in total. The molecule has 6 heteroatoms. The molecule has 1 amide bonds. The van der Waals surface area contributed by atoms with Gasteiger partial charge in [-0.2, -0.15) is 0 Å². The standard InChI is InChI=1S/C19H24N4O2/c1-14-5-7-17(8-6-14)25-13-18(24)20-12-16-11-15(2)21-19(22-16)23-9-3-4-10-23/h5-8,11H,3-4,9-10,12-13H2,1-2H3,(H,20,24). The van der Waals surface area contributed by atoms with Crippen molar-refractivity contribution < 1.29 is 9.53 Å². The predicted molar refractivity (Wildman–Crippen MR) is 96.7 cm³/mol. The lowest BCUT2D eigenvalue weighted by atomic mass is 10.2. The first kappa shape index (κ1) is 17.2. The number of nitrogens with one attached hydrogen (secondary N) is 1. The Balaban J connectivity index is 1.52. The number of carbonyl (C=O) groups is 1. The number of hydrogen-bond donors (Lipinski definition) is 1. The van der Waals surface area contributed by atoms with E-state index in [1.54, 1.807) is 0 Å². The summed E-state index contributed by atoms with van der Waals surface area (Å²) in [5, 5.41) is 2.85. The minimum atomic E-state index is -0.167. The van der Waals surface area contributed by atoms with Crippen molar-refractivity contribution in [1.82, 2.24) is 15.3 Å². The van der Waals surface area contributed by atoms with Crippen LogP contribution >= 0.6 is 0 Å². The lowest BCUT2D eigenvalue weighted by Gasteiger charge is -2.16. The first-order valence-electron chi connectivity index (χ1n) is 8.66. The van der Waals surface area contributed by atoms with E-state index in [1.807, 2.05) is 44.2 Å². The third-order valence-electron chi connectivity index (χ3n) is 4.14. The Labute approximate surface area is 148 Å². The van der Waals surface area contributed by atoms with Crippen LogP contribution in [0.4, 0.5) is 5.95 Å². The van der Waals surface area contributed by atoms with Crippen LogP contribution in [0.25, 0.3) is 0 Å². The second-order valence-corrected chi connectivity index (χ2v) is 6.37. The minimum absolute atomic E-state index is 0.00783. The van der Waals surface area contributed by atoms with Gasteiger partial charge < -0.3 is 15.0 Å². The summed E-state index contributed by atoms with van der Waals surface area (Å²) < 4.78 is 5.49. The van der Waals surface area contributed by atoms with Gasteiger partial charge in [0.1, 0.15) is 5.75 Å². The number of rotatable bonds is 6. The molecular weight excluding hydrogens is 316 g/mol. The summed E-state index contributed by atoms with van der Waals surface area (Å²) in [6.07, 6.45) is 2.36. The lowest BCUT2D eigenvalue weighted by Crippen LogP contribution is -2.29. The van der Waals surface area contributed by atoms with Crippen LogP contribution in [0.5, 0.6) is 5.75 Å². The van der Waals surface area contributed by atoms with Crippen molar-refractivity contribution in [1.29, 1.82) is 0 Å². The molecule has 2 aromatic rings. The zero-order valence-corrected chi connectivity index (χ0v) is 14.8. The van der Waals surface area contributed by atoms with Crippen molar-refractivity contribution in [2.75, 3.05) is 24.6 Å². The lowest BCUT2D eigenvalue weighted by molar-refractivity contribution is -0.123. The van der Waals surface area contributed by atoms with Gasteiger partial charge in [0.15, 0.2) is 6.61 Å². The molecule has 0 saturated carbocycles. The van der Waals surface area contributed by atoms with Gasteiger partial charge in [0.25, 0.3) is 5.91 Å². The molecule has 25 heavy (non-hydrogen) atoms. The number of aryl methyl sites for hydroxylation is 2. The molecule has 0 atom stereocenters. The molecule has 3 rings (SSSR count). The van der Waals surface area contributed by atoms with Gasteiger partial charge in [-0.25, -0.2) is 9.97 Å². The highest BCUT2D eigenvalue weighted by Crippen LogP contribution is 2.16. The maximum Gasteiger partial charge on any atom is 0.258 e. The number of amides is 1. The van der Waals surface area contributed by atoms with Crippen LogP contribution in [-0.2, 0) is 11.3 Å². The number of nitrogens with zero attached hydrogens (tertiary/aromatic N) is 3. The molecule has 2 heterocycles. The topological polar surface area (TPSA) is 67.3 Å². The molecule has 0 unspecified atom stereocenters. The maximum absolute atomic E-state index is 12.0. The van der Waals surface area contributed by atoms with E-state index >= 15 is 0 Å². The molecule has 0 radical (unpaired) electrons. The van der Waals surface area contributed by atoms with Gasteiger partial charge in [0.05, 0.1) is 12.2 Å². The Kier molecular flexibility index (Phi) is 5.48. The van der Waals surface area contributed by atoms with Gasteiger partial charge in [-0.05, 0) is 44.9 Å². The van der Waals surface area contributed by atoms with Crippen molar-refractivity contribution in [3.8, 4) is 5.75 Å². The van der Waals surface area contributed by atoms with E-state index in [0.29, 0.717) is 12.3 Å². The summed E-state index contributed by atoms with van der Waals surface area (Å²) in [4.78, 5) is 23.3. The van der Waals surface area contributed by atoms with Crippen LogP contribution in [0, 0.1) is 13.8 Å². The summed E-state index contributed by atoms with van der Waals surface area (Å²) in [6, 6.07) is 9.53. The molecule has 1 aliphatic heterocycles. The Morgan fingerprint density at radius 1 is 1.16 bits per heavy atom. The van der Waals surface area contributed by atoms with Gasteiger partial charge in [0, 0.05) is 18.8 Å². The molecule has 0 aliphatic carbocycles. The highest BCUT2D eigenvalue weighted by Gasteiger charge is 2.16. The highest BCUT2D eigenvalue weighted by molar-refractivity contribution is 5.77. The van der Waals surface area contributed by atoms with E-state index in [9.17, 15) is 4.79 Å². The number of carbonyl (C=O) groups excluding carboxylic acids is 1. The van der Waals surface area contributed by atoms with Gasteiger partial charge in [-0.1, -0.05) is 17.7 Å². The minimum Gasteiger partial charge on any atom is -0.484 e. The van der Waals surface area contributed by atoms with Crippen molar-refractivity contribution in [3.63, 3.8) is 0 Å². The van der Waals surface area contributed by atoms with Crippen molar-refractivity contribution in [2.24, 2.45) is 0 Å². The molecule has 132 valence electrons.